The van der Waals surface area contributed by atoms with Crippen LogP contribution >= 0.6 is 0 Å². The Morgan fingerprint density at radius 1 is 1.67 bits per heavy atom. The standard InChI is InChI=1S/C5H8N2O2/c1-3(8)4-2-5(9)7-6-4/h2-3,8H,1H3,(H2,6,7,9)/t3-/m1/s1. The van der Waals surface area contributed by atoms with Crippen molar-refractivity contribution in [3.05, 3.63) is 22.1 Å². The summed E-state index contributed by atoms with van der Waals surface area (Å²) in [7, 11) is 0. The van der Waals surface area contributed by atoms with Crippen molar-refractivity contribution in [3.63, 3.8) is 0 Å². The van der Waals surface area contributed by atoms with Crippen molar-refractivity contribution in [2.45, 2.75) is 13.0 Å². The summed E-state index contributed by atoms with van der Waals surface area (Å²) >= 11 is 0. The molecule has 0 unspecified atom stereocenters. The highest BCUT2D eigenvalue weighted by molar-refractivity contribution is 5.00. The van der Waals surface area contributed by atoms with Crippen LogP contribution in [0.4, 0.5) is 0 Å². The first-order valence-corrected chi connectivity index (χ1v) is 2.66. The summed E-state index contributed by atoms with van der Waals surface area (Å²) in [6.07, 6.45) is -0.607. The monoisotopic (exact) mass is 128 g/mol. The lowest BCUT2D eigenvalue weighted by Gasteiger charge is -1.95. The zero-order chi connectivity index (χ0) is 6.85. The van der Waals surface area contributed by atoms with Crippen LogP contribution < -0.4 is 5.56 Å². The molecule has 3 N–H and O–H groups in total. The molecule has 0 aliphatic carbocycles. The Labute approximate surface area is 51.5 Å². The summed E-state index contributed by atoms with van der Waals surface area (Å²) in [5.41, 5.74) is 0.297. The van der Waals surface area contributed by atoms with Crippen LogP contribution in [0, 0.1) is 0 Å². The van der Waals surface area contributed by atoms with E-state index in [0.29, 0.717) is 5.69 Å². The first-order chi connectivity index (χ1) is 4.20. The van der Waals surface area contributed by atoms with Crippen molar-refractivity contribution in [1.82, 2.24) is 10.2 Å². The molecule has 0 aliphatic heterocycles. The SMILES string of the molecule is C[C@@H](O)c1cc(=O)[nH][nH]1. The molecule has 1 aromatic rings. The van der Waals surface area contributed by atoms with Gasteiger partial charge in [0.25, 0.3) is 5.56 Å². The van der Waals surface area contributed by atoms with Gasteiger partial charge in [0.1, 0.15) is 0 Å². The minimum Gasteiger partial charge on any atom is -0.387 e. The van der Waals surface area contributed by atoms with Gasteiger partial charge in [-0.15, -0.1) is 0 Å². The zero-order valence-corrected chi connectivity index (χ0v) is 5.01. The molecule has 0 amide bonds. The van der Waals surface area contributed by atoms with E-state index in [2.05, 4.69) is 10.2 Å². The second-order valence-electron chi connectivity index (χ2n) is 1.89. The highest BCUT2D eigenvalue weighted by Crippen LogP contribution is 2.02. The summed E-state index contributed by atoms with van der Waals surface area (Å²) in [5.74, 6) is 0. The number of hydrogen-bond acceptors (Lipinski definition) is 2. The highest BCUT2D eigenvalue weighted by atomic mass is 16.3. The predicted octanol–water partition coefficient (Wildman–Crippen LogP) is -0.244. The molecule has 1 rings (SSSR count). The maximum Gasteiger partial charge on any atom is 0.264 e. The summed E-state index contributed by atoms with van der Waals surface area (Å²) < 4.78 is 0. The molecule has 0 saturated heterocycles. The van der Waals surface area contributed by atoms with Crippen molar-refractivity contribution in [3.8, 4) is 0 Å². The van der Waals surface area contributed by atoms with E-state index in [1.807, 2.05) is 0 Å². The van der Waals surface area contributed by atoms with Crippen LogP contribution in [0.25, 0.3) is 0 Å². The van der Waals surface area contributed by atoms with Gasteiger partial charge in [0.05, 0.1) is 11.8 Å². The van der Waals surface area contributed by atoms with Gasteiger partial charge >= 0.3 is 0 Å². The van der Waals surface area contributed by atoms with E-state index in [4.69, 9.17) is 5.11 Å². The number of aromatic nitrogens is 2. The van der Waals surface area contributed by atoms with Crippen LogP contribution in [-0.2, 0) is 0 Å². The molecule has 1 atom stereocenters. The maximum absolute atomic E-state index is 10.4. The molecule has 0 radical (unpaired) electrons. The van der Waals surface area contributed by atoms with Gasteiger partial charge < -0.3 is 5.11 Å². The van der Waals surface area contributed by atoms with Crippen molar-refractivity contribution in [2.24, 2.45) is 0 Å². The van der Waals surface area contributed by atoms with Crippen molar-refractivity contribution < 1.29 is 5.11 Å². The number of rotatable bonds is 1. The van der Waals surface area contributed by atoms with E-state index in [0.717, 1.165) is 0 Å². The third-order valence-corrected chi connectivity index (χ3v) is 1.07. The number of aromatic amines is 2. The predicted molar refractivity (Wildman–Crippen MR) is 32.0 cm³/mol. The van der Waals surface area contributed by atoms with E-state index in [9.17, 15) is 4.79 Å². The molecule has 0 aromatic carbocycles. The van der Waals surface area contributed by atoms with Gasteiger partial charge in [-0.25, -0.2) is 0 Å². The zero-order valence-electron chi connectivity index (χ0n) is 5.01. The van der Waals surface area contributed by atoms with Gasteiger partial charge in [-0.2, -0.15) is 0 Å². The molecule has 50 valence electrons. The summed E-state index contributed by atoms with van der Waals surface area (Å²) in [6.45, 7) is 1.58. The average Bonchev–Trinajstić information content (AvgIpc) is 2.14. The molecule has 0 bridgehead atoms. The largest absolute Gasteiger partial charge is 0.387 e. The number of hydrogen-bond donors (Lipinski definition) is 3. The first-order valence-electron chi connectivity index (χ1n) is 2.66. The topological polar surface area (TPSA) is 68.9 Å². The fourth-order valence-electron chi connectivity index (χ4n) is 0.572. The lowest BCUT2D eigenvalue weighted by Crippen LogP contribution is -1.94. The molecule has 0 aliphatic rings. The van der Waals surface area contributed by atoms with Gasteiger partial charge in [0, 0.05) is 6.07 Å². The van der Waals surface area contributed by atoms with Gasteiger partial charge in [-0.05, 0) is 6.92 Å². The summed E-state index contributed by atoms with van der Waals surface area (Å²) in [5, 5.41) is 13.7. The van der Waals surface area contributed by atoms with Crippen LogP contribution in [0.2, 0.25) is 0 Å². The Bertz CT molecular complexity index is 235. The Morgan fingerprint density at radius 3 is 2.56 bits per heavy atom. The smallest absolute Gasteiger partial charge is 0.264 e. The fraction of sp³-hybridized carbons (Fsp3) is 0.400. The fourth-order valence-corrected chi connectivity index (χ4v) is 0.572. The third-order valence-electron chi connectivity index (χ3n) is 1.07. The minimum atomic E-state index is -0.607. The molecule has 0 fully saturated rings. The molecular formula is C5H8N2O2. The lowest BCUT2D eigenvalue weighted by molar-refractivity contribution is 0.194. The van der Waals surface area contributed by atoms with Gasteiger partial charge in [0.15, 0.2) is 0 Å². The number of aliphatic hydroxyl groups excluding tert-OH is 1. The summed E-state index contributed by atoms with van der Waals surface area (Å²) in [6, 6.07) is 1.32. The second kappa shape index (κ2) is 2.06. The van der Waals surface area contributed by atoms with Crippen LogP contribution in [0.5, 0.6) is 0 Å². The number of aliphatic hydroxyl groups is 1. The Kier molecular flexibility index (Phi) is 1.40. The normalized spacial score (nSPS) is 13.6. The second-order valence-corrected chi connectivity index (χ2v) is 1.89. The Morgan fingerprint density at radius 2 is 2.33 bits per heavy atom. The van der Waals surface area contributed by atoms with Gasteiger partial charge in [-0.1, -0.05) is 0 Å². The molecule has 1 heterocycles. The van der Waals surface area contributed by atoms with Gasteiger partial charge in [-0.3, -0.25) is 15.0 Å². The van der Waals surface area contributed by atoms with Gasteiger partial charge in [0.2, 0.25) is 0 Å². The quantitative estimate of drug-likeness (QED) is 0.488. The molecule has 9 heavy (non-hydrogen) atoms. The molecule has 0 saturated carbocycles. The van der Waals surface area contributed by atoms with E-state index in [1.165, 1.54) is 6.07 Å². The maximum atomic E-state index is 10.4. The number of nitrogens with one attached hydrogen (secondary N) is 2. The molecule has 4 heteroatoms. The van der Waals surface area contributed by atoms with Crippen LogP contribution in [0.1, 0.15) is 18.7 Å². The van der Waals surface area contributed by atoms with Crippen molar-refractivity contribution >= 4 is 0 Å². The Balaban J connectivity index is 2.98. The molecule has 1 aromatic heterocycles. The van der Waals surface area contributed by atoms with E-state index in [-0.39, 0.29) is 5.56 Å². The summed E-state index contributed by atoms with van der Waals surface area (Å²) in [4.78, 5) is 10.4. The third kappa shape index (κ3) is 1.20. The van der Waals surface area contributed by atoms with E-state index >= 15 is 0 Å². The molecule has 4 nitrogen and oxygen atoms in total. The van der Waals surface area contributed by atoms with Crippen molar-refractivity contribution in [1.29, 1.82) is 0 Å². The van der Waals surface area contributed by atoms with E-state index < -0.39 is 6.10 Å². The molecule has 0 spiro atoms. The number of H-pyrrole nitrogens is 2. The van der Waals surface area contributed by atoms with Crippen molar-refractivity contribution in [2.75, 3.05) is 0 Å². The van der Waals surface area contributed by atoms with E-state index in [1.54, 1.807) is 6.92 Å². The van der Waals surface area contributed by atoms with Crippen LogP contribution in [-0.4, -0.2) is 15.3 Å². The average molecular weight is 128 g/mol. The van der Waals surface area contributed by atoms with Crippen LogP contribution in [0.3, 0.4) is 0 Å². The molecular weight excluding hydrogens is 120 g/mol. The minimum absolute atomic E-state index is 0.217. The van der Waals surface area contributed by atoms with Crippen LogP contribution in [0.15, 0.2) is 10.9 Å². The lowest BCUT2D eigenvalue weighted by atomic mass is 10.3. The Hall–Kier alpha value is -1.03. The highest BCUT2D eigenvalue weighted by Gasteiger charge is 2.00. The first kappa shape index (κ1) is 6.10.